The molecule has 0 saturated heterocycles. The quantitative estimate of drug-likeness (QED) is 0.814. The number of hydrogen-bond acceptors (Lipinski definition) is 2. The van der Waals surface area contributed by atoms with E-state index in [9.17, 15) is 0 Å². The first-order valence-corrected chi connectivity index (χ1v) is 6.53. The number of nitrogens with zero attached hydrogens (tertiary/aromatic N) is 1. The van der Waals surface area contributed by atoms with Crippen LogP contribution in [0.3, 0.4) is 0 Å². The Balaban J connectivity index is 2.49. The molecular formula is C15H26N2. The van der Waals surface area contributed by atoms with Crippen molar-refractivity contribution in [3.63, 3.8) is 0 Å². The van der Waals surface area contributed by atoms with Crippen LogP contribution in [0.25, 0.3) is 0 Å². The minimum absolute atomic E-state index is 0.429. The predicted molar refractivity (Wildman–Crippen MR) is 75.5 cm³/mol. The molecule has 0 aromatic heterocycles. The molecule has 0 heterocycles. The first kappa shape index (κ1) is 14.2. The Kier molecular flexibility index (Phi) is 5.66. The van der Waals surface area contributed by atoms with Crippen molar-refractivity contribution in [3.05, 3.63) is 34.9 Å². The highest BCUT2D eigenvalue weighted by molar-refractivity contribution is 5.30. The van der Waals surface area contributed by atoms with Crippen molar-refractivity contribution in [2.24, 2.45) is 0 Å². The van der Waals surface area contributed by atoms with Crippen molar-refractivity contribution in [3.8, 4) is 0 Å². The third kappa shape index (κ3) is 4.88. The van der Waals surface area contributed by atoms with Crippen LogP contribution in [0, 0.1) is 13.8 Å². The fraction of sp³-hybridized carbons (Fsp3) is 0.600. The van der Waals surface area contributed by atoms with Gasteiger partial charge in [-0.05, 0) is 39.9 Å². The molecule has 0 aliphatic heterocycles. The van der Waals surface area contributed by atoms with Crippen LogP contribution in [0.4, 0.5) is 0 Å². The molecule has 1 N–H and O–H groups in total. The molecule has 1 aromatic carbocycles. The van der Waals surface area contributed by atoms with Crippen LogP contribution in [-0.4, -0.2) is 31.6 Å². The van der Waals surface area contributed by atoms with Crippen LogP contribution in [0.15, 0.2) is 18.2 Å². The lowest BCUT2D eigenvalue weighted by Gasteiger charge is -2.19. The number of aryl methyl sites for hydroxylation is 2. The van der Waals surface area contributed by atoms with Crippen molar-refractivity contribution in [2.75, 3.05) is 26.7 Å². The molecule has 1 rings (SSSR count). The molecule has 0 spiro atoms. The van der Waals surface area contributed by atoms with Gasteiger partial charge in [-0.2, -0.15) is 0 Å². The molecular weight excluding hydrogens is 208 g/mol. The Morgan fingerprint density at radius 3 is 2.29 bits per heavy atom. The maximum Gasteiger partial charge on any atom is 0.0292 e. The van der Waals surface area contributed by atoms with E-state index in [1.807, 2.05) is 0 Å². The van der Waals surface area contributed by atoms with Gasteiger partial charge in [0.15, 0.2) is 0 Å². The molecule has 17 heavy (non-hydrogen) atoms. The van der Waals surface area contributed by atoms with Crippen LogP contribution in [0.1, 0.15) is 36.6 Å². The van der Waals surface area contributed by atoms with Gasteiger partial charge >= 0.3 is 0 Å². The van der Waals surface area contributed by atoms with Gasteiger partial charge in [-0.1, -0.05) is 36.2 Å². The lowest BCUT2D eigenvalue weighted by molar-refractivity contribution is 0.342. The fourth-order valence-corrected chi connectivity index (χ4v) is 2.01. The summed E-state index contributed by atoms with van der Waals surface area (Å²) in [7, 11) is 2.16. The van der Waals surface area contributed by atoms with Crippen LogP contribution in [0.5, 0.6) is 0 Å². The van der Waals surface area contributed by atoms with Crippen LogP contribution in [0.2, 0.25) is 0 Å². The number of hydrogen-bond donors (Lipinski definition) is 1. The zero-order valence-electron chi connectivity index (χ0n) is 11.9. The van der Waals surface area contributed by atoms with Gasteiger partial charge in [0.25, 0.3) is 0 Å². The Morgan fingerprint density at radius 2 is 1.76 bits per heavy atom. The summed E-state index contributed by atoms with van der Waals surface area (Å²) in [5.74, 6) is 0. The maximum absolute atomic E-state index is 3.58. The normalized spacial score (nSPS) is 13.1. The van der Waals surface area contributed by atoms with Gasteiger partial charge in [0, 0.05) is 19.1 Å². The van der Waals surface area contributed by atoms with Gasteiger partial charge in [0.1, 0.15) is 0 Å². The van der Waals surface area contributed by atoms with Crippen molar-refractivity contribution >= 4 is 0 Å². The van der Waals surface area contributed by atoms with E-state index in [2.05, 4.69) is 63.2 Å². The van der Waals surface area contributed by atoms with Gasteiger partial charge in [0.05, 0.1) is 0 Å². The summed E-state index contributed by atoms with van der Waals surface area (Å²) in [6, 6.07) is 7.20. The fourth-order valence-electron chi connectivity index (χ4n) is 2.01. The third-order valence-electron chi connectivity index (χ3n) is 3.23. The summed E-state index contributed by atoms with van der Waals surface area (Å²) < 4.78 is 0. The third-order valence-corrected chi connectivity index (χ3v) is 3.23. The van der Waals surface area contributed by atoms with Gasteiger partial charge in [-0.15, -0.1) is 0 Å². The topological polar surface area (TPSA) is 15.3 Å². The van der Waals surface area contributed by atoms with Gasteiger partial charge in [0.2, 0.25) is 0 Å². The first-order chi connectivity index (χ1) is 8.02. The first-order valence-electron chi connectivity index (χ1n) is 6.53. The molecule has 2 nitrogen and oxygen atoms in total. The maximum atomic E-state index is 3.58. The minimum Gasteiger partial charge on any atom is -0.309 e. The number of rotatable bonds is 6. The zero-order valence-corrected chi connectivity index (χ0v) is 11.9. The summed E-state index contributed by atoms with van der Waals surface area (Å²) in [5, 5.41) is 3.58. The minimum atomic E-state index is 0.429. The zero-order chi connectivity index (χ0) is 12.8. The molecule has 1 atom stereocenters. The summed E-state index contributed by atoms with van der Waals surface area (Å²) in [4.78, 5) is 2.32. The molecule has 0 aliphatic carbocycles. The molecule has 0 amide bonds. The monoisotopic (exact) mass is 234 g/mol. The van der Waals surface area contributed by atoms with Crippen LogP contribution in [-0.2, 0) is 0 Å². The highest BCUT2D eigenvalue weighted by Gasteiger charge is 2.05. The number of benzene rings is 1. The van der Waals surface area contributed by atoms with Gasteiger partial charge in [-0.3, -0.25) is 0 Å². The van der Waals surface area contributed by atoms with Crippen molar-refractivity contribution in [1.82, 2.24) is 10.2 Å². The molecule has 0 radical (unpaired) electrons. The van der Waals surface area contributed by atoms with Crippen LogP contribution < -0.4 is 5.32 Å². The Morgan fingerprint density at radius 1 is 1.18 bits per heavy atom. The smallest absolute Gasteiger partial charge is 0.0292 e. The summed E-state index contributed by atoms with van der Waals surface area (Å²) in [6.07, 6.45) is 0. The Bertz CT molecular complexity index is 327. The second-order valence-electron chi connectivity index (χ2n) is 4.99. The second-order valence-corrected chi connectivity index (χ2v) is 4.99. The summed E-state index contributed by atoms with van der Waals surface area (Å²) >= 11 is 0. The van der Waals surface area contributed by atoms with Crippen molar-refractivity contribution < 1.29 is 0 Å². The molecule has 96 valence electrons. The van der Waals surface area contributed by atoms with Gasteiger partial charge in [-0.25, -0.2) is 0 Å². The molecule has 0 fully saturated rings. The summed E-state index contributed by atoms with van der Waals surface area (Å²) in [5.41, 5.74) is 4.08. The largest absolute Gasteiger partial charge is 0.309 e. The molecule has 1 aromatic rings. The van der Waals surface area contributed by atoms with Crippen molar-refractivity contribution in [2.45, 2.75) is 33.7 Å². The molecule has 1 unspecified atom stereocenters. The van der Waals surface area contributed by atoms with E-state index in [4.69, 9.17) is 0 Å². The average molecular weight is 234 g/mol. The molecule has 0 aliphatic rings. The molecule has 0 bridgehead atoms. The van der Waals surface area contributed by atoms with E-state index in [1.165, 1.54) is 16.7 Å². The van der Waals surface area contributed by atoms with E-state index in [0.717, 1.165) is 19.6 Å². The standard InChI is InChI=1S/C15H26N2/c1-6-17(5)8-7-16-14(4)15-10-12(2)9-13(3)11-15/h9-11,14,16H,6-8H2,1-5H3. The SMILES string of the molecule is CCN(C)CCNC(C)c1cc(C)cc(C)c1. The van der Waals surface area contributed by atoms with E-state index in [-0.39, 0.29) is 0 Å². The lowest BCUT2D eigenvalue weighted by Crippen LogP contribution is -2.30. The number of likely N-dealkylation sites (N-methyl/N-ethyl adjacent to an activating group) is 1. The molecule has 0 saturated carbocycles. The average Bonchev–Trinajstić information content (AvgIpc) is 2.27. The highest BCUT2D eigenvalue weighted by atomic mass is 15.1. The van der Waals surface area contributed by atoms with E-state index in [0.29, 0.717) is 6.04 Å². The second kappa shape index (κ2) is 6.77. The van der Waals surface area contributed by atoms with Crippen LogP contribution >= 0.6 is 0 Å². The lowest BCUT2D eigenvalue weighted by atomic mass is 10.0. The predicted octanol–water partition coefficient (Wildman–Crippen LogP) is 2.91. The number of nitrogens with one attached hydrogen (secondary N) is 1. The van der Waals surface area contributed by atoms with E-state index >= 15 is 0 Å². The Hall–Kier alpha value is -0.860. The van der Waals surface area contributed by atoms with Gasteiger partial charge < -0.3 is 10.2 Å². The summed E-state index contributed by atoms with van der Waals surface area (Å²) in [6.45, 7) is 12.0. The van der Waals surface area contributed by atoms with E-state index < -0.39 is 0 Å². The molecule has 2 heteroatoms. The Labute approximate surface area is 106 Å². The van der Waals surface area contributed by atoms with Crippen molar-refractivity contribution in [1.29, 1.82) is 0 Å². The van der Waals surface area contributed by atoms with E-state index in [1.54, 1.807) is 0 Å². The highest BCUT2D eigenvalue weighted by Crippen LogP contribution is 2.16.